The second kappa shape index (κ2) is 7.55. The van der Waals surface area contributed by atoms with Crippen LogP contribution in [0.4, 0.5) is 4.79 Å². The van der Waals surface area contributed by atoms with E-state index >= 15 is 0 Å². The van der Waals surface area contributed by atoms with Gasteiger partial charge < -0.3 is 15.0 Å². The topological polar surface area (TPSA) is 58.6 Å². The Balaban J connectivity index is 1.90. The normalized spacial score (nSPS) is 21.0. The maximum atomic E-state index is 12.8. The summed E-state index contributed by atoms with van der Waals surface area (Å²) in [5.74, 6) is 0.385. The van der Waals surface area contributed by atoms with E-state index in [1.54, 1.807) is 0 Å². The number of nitrogens with one attached hydrogen (secondary N) is 1. The first-order chi connectivity index (χ1) is 11.2. The van der Waals surface area contributed by atoms with Gasteiger partial charge in [-0.3, -0.25) is 4.79 Å². The molecule has 0 saturated carbocycles. The Labute approximate surface area is 148 Å². The fourth-order valence-electron chi connectivity index (χ4n) is 3.05. The largest absolute Gasteiger partial charge is 0.444 e. The highest BCUT2D eigenvalue weighted by Gasteiger charge is 2.34. The molecule has 2 atom stereocenters. The van der Waals surface area contributed by atoms with E-state index in [2.05, 4.69) is 19.2 Å². The Bertz CT molecular complexity index is 591. The van der Waals surface area contributed by atoms with E-state index in [1.807, 2.05) is 37.1 Å². The molecule has 1 aliphatic rings. The second-order valence-electron chi connectivity index (χ2n) is 7.42. The fourth-order valence-corrected chi connectivity index (χ4v) is 4.00. The summed E-state index contributed by atoms with van der Waals surface area (Å²) in [5.41, 5.74) is 0.623. The summed E-state index contributed by atoms with van der Waals surface area (Å²) in [5, 5.41) is 4.80. The van der Waals surface area contributed by atoms with E-state index in [0.717, 1.165) is 23.3 Å². The van der Waals surface area contributed by atoms with E-state index in [4.69, 9.17) is 4.74 Å². The monoisotopic (exact) mass is 352 g/mol. The van der Waals surface area contributed by atoms with Crippen LogP contribution in [-0.2, 0) is 11.2 Å². The summed E-state index contributed by atoms with van der Waals surface area (Å²) in [6, 6.07) is 2.22. The van der Waals surface area contributed by atoms with E-state index in [0.29, 0.717) is 13.1 Å². The number of hydrogen-bond donors (Lipinski definition) is 1. The SMILES string of the molecule is CCc1ccsc1C(=O)N1C[C@H](CNC(=O)OC(C)(C)C)C[C@@H]1C. The van der Waals surface area contributed by atoms with Crippen LogP contribution in [0.5, 0.6) is 0 Å². The van der Waals surface area contributed by atoms with Crippen LogP contribution in [0, 0.1) is 5.92 Å². The molecule has 1 N–H and O–H groups in total. The smallest absolute Gasteiger partial charge is 0.407 e. The molecule has 0 aliphatic carbocycles. The van der Waals surface area contributed by atoms with Crippen molar-refractivity contribution in [1.29, 1.82) is 0 Å². The zero-order valence-electron chi connectivity index (χ0n) is 15.2. The fraction of sp³-hybridized carbons (Fsp3) is 0.667. The van der Waals surface area contributed by atoms with Gasteiger partial charge in [0.05, 0.1) is 4.88 Å². The standard InChI is InChI=1S/C18H28N2O3S/c1-6-14-7-8-24-15(14)16(21)20-11-13(9-12(20)2)10-19-17(22)23-18(3,4)5/h7-8,12-13H,6,9-11H2,1-5H3,(H,19,22)/t12-,13-/m0/s1. The van der Waals surface area contributed by atoms with Crippen molar-refractivity contribution < 1.29 is 14.3 Å². The quantitative estimate of drug-likeness (QED) is 0.899. The minimum atomic E-state index is -0.495. The minimum absolute atomic E-state index is 0.120. The summed E-state index contributed by atoms with van der Waals surface area (Å²) >= 11 is 1.52. The van der Waals surface area contributed by atoms with Crippen LogP contribution in [0.25, 0.3) is 0 Å². The molecule has 1 aromatic rings. The highest BCUT2D eigenvalue weighted by Crippen LogP contribution is 2.27. The van der Waals surface area contributed by atoms with Crippen LogP contribution in [0.2, 0.25) is 0 Å². The summed E-state index contributed by atoms with van der Waals surface area (Å²) in [6.45, 7) is 10.9. The van der Waals surface area contributed by atoms with Gasteiger partial charge in [-0.15, -0.1) is 11.3 Å². The Kier molecular flexibility index (Phi) is 5.91. The lowest BCUT2D eigenvalue weighted by Gasteiger charge is -2.22. The molecule has 0 aromatic carbocycles. The molecule has 1 fully saturated rings. The number of likely N-dealkylation sites (tertiary alicyclic amines) is 1. The molecule has 24 heavy (non-hydrogen) atoms. The van der Waals surface area contributed by atoms with Gasteiger partial charge in [0, 0.05) is 19.1 Å². The van der Waals surface area contributed by atoms with Gasteiger partial charge in [-0.05, 0) is 63.5 Å². The lowest BCUT2D eigenvalue weighted by atomic mass is 10.1. The van der Waals surface area contributed by atoms with E-state index in [9.17, 15) is 9.59 Å². The average molecular weight is 353 g/mol. The Morgan fingerprint density at radius 1 is 1.42 bits per heavy atom. The lowest BCUT2D eigenvalue weighted by molar-refractivity contribution is 0.0520. The van der Waals surface area contributed by atoms with Gasteiger partial charge in [0.25, 0.3) is 5.91 Å². The van der Waals surface area contributed by atoms with Gasteiger partial charge in [0.1, 0.15) is 5.60 Å². The van der Waals surface area contributed by atoms with Crippen molar-refractivity contribution in [2.45, 2.75) is 59.1 Å². The van der Waals surface area contributed by atoms with Crippen molar-refractivity contribution in [3.05, 3.63) is 21.9 Å². The van der Waals surface area contributed by atoms with Crippen molar-refractivity contribution in [2.75, 3.05) is 13.1 Å². The third-order valence-corrected chi connectivity index (χ3v) is 5.12. The maximum Gasteiger partial charge on any atom is 0.407 e. The molecule has 1 saturated heterocycles. The van der Waals surface area contributed by atoms with Crippen LogP contribution < -0.4 is 5.32 Å². The highest BCUT2D eigenvalue weighted by atomic mass is 32.1. The van der Waals surface area contributed by atoms with E-state index in [-0.39, 0.29) is 17.9 Å². The van der Waals surface area contributed by atoms with Crippen LogP contribution in [0.1, 0.15) is 56.3 Å². The van der Waals surface area contributed by atoms with Gasteiger partial charge in [0.2, 0.25) is 0 Å². The second-order valence-corrected chi connectivity index (χ2v) is 8.34. The van der Waals surface area contributed by atoms with Gasteiger partial charge in [-0.2, -0.15) is 0 Å². The predicted molar refractivity (Wildman–Crippen MR) is 96.5 cm³/mol. The van der Waals surface area contributed by atoms with Crippen LogP contribution >= 0.6 is 11.3 Å². The highest BCUT2D eigenvalue weighted by molar-refractivity contribution is 7.12. The Morgan fingerprint density at radius 3 is 2.75 bits per heavy atom. The molecule has 0 bridgehead atoms. The van der Waals surface area contributed by atoms with E-state index in [1.165, 1.54) is 11.3 Å². The molecule has 5 nitrogen and oxygen atoms in total. The number of rotatable bonds is 4. The molecular formula is C18H28N2O3S. The molecule has 134 valence electrons. The molecule has 2 rings (SSSR count). The van der Waals surface area contributed by atoms with Crippen LogP contribution in [0.3, 0.4) is 0 Å². The van der Waals surface area contributed by atoms with Crippen molar-refractivity contribution in [3.8, 4) is 0 Å². The molecule has 6 heteroatoms. The first-order valence-electron chi connectivity index (χ1n) is 8.55. The minimum Gasteiger partial charge on any atom is -0.444 e. The van der Waals surface area contributed by atoms with Gasteiger partial charge in [-0.25, -0.2) is 4.79 Å². The molecule has 2 amide bonds. The number of nitrogens with zero attached hydrogens (tertiary/aromatic N) is 1. The number of alkyl carbamates (subject to hydrolysis) is 1. The number of carbonyl (C=O) groups excluding carboxylic acids is 2. The third-order valence-electron chi connectivity index (χ3n) is 4.18. The number of hydrogen-bond acceptors (Lipinski definition) is 4. The van der Waals surface area contributed by atoms with Crippen molar-refractivity contribution in [1.82, 2.24) is 10.2 Å². The molecule has 1 aromatic heterocycles. The zero-order chi connectivity index (χ0) is 17.9. The van der Waals surface area contributed by atoms with Crippen molar-refractivity contribution in [3.63, 3.8) is 0 Å². The molecule has 0 radical (unpaired) electrons. The Morgan fingerprint density at radius 2 is 2.12 bits per heavy atom. The van der Waals surface area contributed by atoms with E-state index < -0.39 is 11.7 Å². The number of aryl methyl sites for hydroxylation is 1. The van der Waals surface area contributed by atoms with Gasteiger partial charge >= 0.3 is 6.09 Å². The number of carbonyl (C=O) groups is 2. The molecule has 0 unspecified atom stereocenters. The maximum absolute atomic E-state index is 12.8. The average Bonchev–Trinajstić information content (AvgIpc) is 3.08. The molecular weight excluding hydrogens is 324 g/mol. The lowest BCUT2D eigenvalue weighted by Crippen LogP contribution is -2.37. The summed E-state index contributed by atoms with van der Waals surface area (Å²) in [6.07, 6.45) is 1.37. The first kappa shape index (κ1) is 18.8. The van der Waals surface area contributed by atoms with Gasteiger partial charge in [-0.1, -0.05) is 6.92 Å². The zero-order valence-corrected chi connectivity index (χ0v) is 16.0. The number of ether oxygens (including phenoxy) is 1. The summed E-state index contributed by atoms with van der Waals surface area (Å²) in [7, 11) is 0. The van der Waals surface area contributed by atoms with Crippen LogP contribution in [-0.4, -0.2) is 41.6 Å². The predicted octanol–water partition coefficient (Wildman–Crippen LogP) is 3.69. The summed E-state index contributed by atoms with van der Waals surface area (Å²) < 4.78 is 5.26. The van der Waals surface area contributed by atoms with Crippen molar-refractivity contribution in [2.24, 2.45) is 5.92 Å². The molecule has 2 heterocycles. The first-order valence-corrected chi connectivity index (χ1v) is 9.43. The third kappa shape index (κ3) is 4.72. The van der Waals surface area contributed by atoms with Gasteiger partial charge in [0.15, 0.2) is 0 Å². The summed E-state index contributed by atoms with van der Waals surface area (Å²) in [4.78, 5) is 27.4. The Hall–Kier alpha value is -1.56. The molecule has 1 aliphatic heterocycles. The number of thiophene rings is 1. The van der Waals surface area contributed by atoms with Crippen molar-refractivity contribution >= 4 is 23.3 Å². The van der Waals surface area contributed by atoms with Crippen LogP contribution in [0.15, 0.2) is 11.4 Å². The number of amides is 2. The molecule has 0 spiro atoms.